The molecule has 5 nitrogen and oxygen atoms in total. The number of aryl methyl sites for hydroxylation is 1. The van der Waals surface area contributed by atoms with Gasteiger partial charge < -0.3 is 10.2 Å². The van der Waals surface area contributed by atoms with Gasteiger partial charge in [-0.15, -0.1) is 0 Å². The van der Waals surface area contributed by atoms with Crippen LogP contribution in [-0.2, 0) is 9.59 Å². The summed E-state index contributed by atoms with van der Waals surface area (Å²) in [4.78, 5) is 25.5. The number of hydrogen-bond acceptors (Lipinski definition) is 4. The standard InChI is InChI=1S/C15H15NO4S/c1-7-4-3-5-9(6-7)12-11(15(19)20)16-13(18)10(8(2)17)14(16)21-12/h3-6,8,10,14,17H,1-2H3,(H,19,20)/t8-,10+,14-/m1/s1. The number of fused-ring (bicyclic) bond motifs is 1. The molecule has 6 heteroatoms. The molecule has 0 saturated carbocycles. The Kier molecular flexibility index (Phi) is 3.30. The zero-order valence-corrected chi connectivity index (χ0v) is 12.4. The quantitative estimate of drug-likeness (QED) is 0.831. The fraction of sp³-hybridized carbons (Fsp3) is 0.333. The van der Waals surface area contributed by atoms with Gasteiger partial charge in [-0.05, 0) is 19.4 Å². The van der Waals surface area contributed by atoms with Crippen LogP contribution in [0.1, 0.15) is 18.1 Å². The van der Waals surface area contributed by atoms with Crippen LogP contribution >= 0.6 is 11.8 Å². The molecular formula is C15H15NO4S. The van der Waals surface area contributed by atoms with Crippen LogP contribution in [0.25, 0.3) is 4.91 Å². The molecule has 0 bridgehead atoms. The minimum absolute atomic E-state index is 0.0255. The lowest BCUT2D eigenvalue weighted by Crippen LogP contribution is -2.60. The molecule has 0 spiro atoms. The number of hydrogen-bond donors (Lipinski definition) is 2. The average molecular weight is 305 g/mol. The number of β-lactam (4-membered cyclic amide) rings is 1. The molecule has 0 unspecified atom stereocenters. The molecule has 1 aromatic carbocycles. The van der Waals surface area contributed by atoms with Crippen LogP contribution in [-0.4, -0.2) is 38.5 Å². The van der Waals surface area contributed by atoms with E-state index in [-0.39, 0.29) is 17.0 Å². The number of carbonyl (C=O) groups is 2. The maximum Gasteiger partial charge on any atom is 0.353 e. The number of carbonyl (C=O) groups excluding carboxylic acids is 1. The van der Waals surface area contributed by atoms with E-state index in [9.17, 15) is 19.8 Å². The van der Waals surface area contributed by atoms with Gasteiger partial charge in [0.25, 0.3) is 0 Å². The number of aliphatic hydroxyl groups excluding tert-OH is 1. The van der Waals surface area contributed by atoms with Crippen molar-refractivity contribution in [1.82, 2.24) is 4.90 Å². The summed E-state index contributed by atoms with van der Waals surface area (Å²) >= 11 is 1.34. The maximum atomic E-state index is 12.1. The molecule has 0 aliphatic carbocycles. The molecule has 3 atom stereocenters. The van der Waals surface area contributed by atoms with E-state index in [0.29, 0.717) is 4.91 Å². The topological polar surface area (TPSA) is 77.8 Å². The van der Waals surface area contributed by atoms with Crippen LogP contribution in [0.15, 0.2) is 30.0 Å². The Morgan fingerprint density at radius 1 is 1.43 bits per heavy atom. The minimum Gasteiger partial charge on any atom is -0.477 e. The Balaban J connectivity index is 2.04. The highest BCUT2D eigenvalue weighted by Gasteiger charge is 2.57. The monoisotopic (exact) mass is 305 g/mol. The summed E-state index contributed by atoms with van der Waals surface area (Å²) in [6.07, 6.45) is -0.779. The average Bonchev–Trinajstić information content (AvgIpc) is 2.73. The van der Waals surface area contributed by atoms with Crippen molar-refractivity contribution in [3.8, 4) is 0 Å². The number of aliphatic hydroxyl groups is 1. The van der Waals surface area contributed by atoms with Gasteiger partial charge >= 0.3 is 5.97 Å². The van der Waals surface area contributed by atoms with E-state index in [1.165, 1.54) is 16.7 Å². The minimum atomic E-state index is -1.11. The highest BCUT2D eigenvalue weighted by atomic mass is 32.2. The highest BCUT2D eigenvalue weighted by Crippen LogP contribution is 2.53. The van der Waals surface area contributed by atoms with E-state index in [1.54, 1.807) is 6.92 Å². The first-order chi connectivity index (χ1) is 9.91. The van der Waals surface area contributed by atoms with Gasteiger partial charge in [0.2, 0.25) is 5.91 Å². The van der Waals surface area contributed by atoms with Crippen LogP contribution in [0.5, 0.6) is 0 Å². The smallest absolute Gasteiger partial charge is 0.353 e. The summed E-state index contributed by atoms with van der Waals surface area (Å²) in [6, 6.07) is 7.54. The second kappa shape index (κ2) is 4.89. The van der Waals surface area contributed by atoms with Crippen molar-refractivity contribution in [2.75, 3.05) is 0 Å². The largest absolute Gasteiger partial charge is 0.477 e. The summed E-state index contributed by atoms with van der Waals surface area (Å²) in [7, 11) is 0. The third kappa shape index (κ3) is 2.06. The van der Waals surface area contributed by atoms with Crippen LogP contribution < -0.4 is 0 Å². The fourth-order valence-electron chi connectivity index (χ4n) is 2.77. The van der Waals surface area contributed by atoms with Crippen molar-refractivity contribution >= 4 is 28.5 Å². The predicted octanol–water partition coefficient (Wildman–Crippen LogP) is 1.66. The molecule has 1 saturated heterocycles. The van der Waals surface area contributed by atoms with E-state index < -0.39 is 18.0 Å². The summed E-state index contributed by atoms with van der Waals surface area (Å²) in [5.74, 6) is -1.96. The highest BCUT2D eigenvalue weighted by molar-refractivity contribution is 8.09. The Hall–Kier alpha value is -1.79. The Morgan fingerprint density at radius 3 is 2.71 bits per heavy atom. The van der Waals surface area contributed by atoms with Crippen molar-refractivity contribution in [2.24, 2.45) is 5.92 Å². The van der Waals surface area contributed by atoms with Gasteiger partial charge in [0.05, 0.1) is 12.0 Å². The van der Waals surface area contributed by atoms with Gasteiger partial charge in [-0.2, -0.15) is 0 Å². The van der Waals surface area contributed by atoms with Crippen LogP contribution in [0.3, 0.4) is 0 Å². The number of nitrogens with zero attached hydrogens (tertiary/aromatic N) is 1. The number of thioether (sulfide) groups is 1. The molecule has 110 valence electrons. The number of rotatable bonds is 3. The van der Waals surface area contributed by atoms with Crippen molar-refractivity contribution in [2.45, 2.75) is 25.3 Å². The second-order valence-electron chi connectivity index (χ2n) is 5.34. The molecule has 1 aromatic rings. The lowest BCUT2D eigenvalue weighted by Gasteiger charge is -2.43. The van der Waals surface area contributed by atoms with E-state index in [0.717, 1.165) is 11.1 Å². The molecule has 1 amide bonds. The molecule has 2 N–H and O–H groups in total. The summed E-state index contributed by atoms with van der Waals surface area (Å²) in [5, 5.41) is 18.8. The van der Waals surface area contributed by atoms with Crippen molar-refractivity contribution < 1.29 is 19.8 Å². The second-order valence-corrected chi connectivity index (χ2v) is 6.46. The number of carboxylic acid groups (broad SMARTS) is 1. The van der Waals surface area contributed by atoms with Crippen molar-refractivity contribution in [3.05, 3.63) is 41.1 Å². The van der Waals surface area contributed by atoms with Gasteiger partial charge in [0, 0.05) is 4.91 Å². The molecule has 2 aliphatic rings. The lowest BCUT2D eigenvalue weighted by molar-refractivity contribution is -0.156. The normalized spacial score (nSPS) is 25.7. The maximum absolute atomic E-state index is 12.1. The molecule has 2 heterocycles. The molecule has 3 rings (SSSR count). The number of aliphatic carboxylic acids is 1. The molecule has 2 aliphatic heterocycles. The SMILES string of the molecule is Cc1cccc(C2=C(C(=O)O)N3C(=O)[C@H]([C@@H](C)O)[C@H]3S2)c1. The van der Waals surface area contributed by atoms with Gasteiger partial charge in [0.15, 0.2) is 0 Å². The molecular weight excluding hydrogens is 290 g/mol. The van der Waals surface area contributed by atoms with Gasteiger partial charge in [-0.25, -0.2) is 4.79 Å². The van der Waals surface area contributed by atoms with Gasteiger partial charge in [0.1, 0.15) is 11.1 Å². The third-order valence-electron chi connectivity index (χ3n) is 3.78. The van der Waals surface area contributed by atoms with E-state index in [4.69, 9.17) is 0 Å². The summed E-state index contributed by atoms with van der Waals surface area (Å²) in [6.45, 7) is 3.49. The van der Waals surface area contributed by atoms with Crippen molar-refractivity contribution in [3.63, 3.8) is 0 Å². The number of amides is 1. The summed E-state index contributed by atoms with van der Waals surface area (Å²) < 4.78 is 0. The Morgan fingerprint density at radius 2 is 2.14 bits per heavy atom. The Bertz CT molecular complexity index is 667. The third-order valence-corrected chi connectivity index (χ3v) is 5.19. The van der Waals surface area contributed by atoms with E-state index in [1.807, 2.05) is 31.2 Å². The van der Waals surface area contributed by atoms with E-state index in [2.05, 4.69) is 0 Å². The van der Waals surface area contributed by atoms with Gasteiger partial charge in [-0.1, -0.05) is 41.6 Å². The lowest BCUT2D eigenvalue weighted by atomic mass is 9.92. The first kappa shape index (κ1) is 14.2. The zero-order valence-electron chi connectivity index (χ0n) is 11.6. The summed E-state index contributed by atoms with van der Waals surface area (Å²) in [5.41, 5.74) is 1.85. The van der Waals surface area contributed by atoms with Gasteiger partial charge in [-0.3, -0.25) is 9.69 Å². The Labute approximate surface area is 126 Å². The fourth-order valence-corrected chi connectivity index (χ4v) is 4.38. The molecule has 1 fully saturated rings. The van der Waals surface area contributed by atoms with Crippen LogP contribution in [0.2, 0.25) is 0 Å². The zero-order chi connectivity index (χ0) is 15.3. The first-order valence-electron chi connectivity index (χ1n) is 6.64. The molecule has 0 aromatic heterocycles. The van der Waals surface area contributed by atoms with Crippen LogP contribution in [0.4, 0.5) is 0 Å². The predicted molar refractivity (Wildman–Crippen MR) is 79.1 cm³/mol. The molecule has 21 heavy (non-hydrogen) atoms. The van der Waals surface area contributed by atoms with Crippen molar-refractivity contribution in [1.29, 1.82) is 0 Å². The van der Waals surface area contributed by atoms with E-state index >= 15 is 0 Å². The van der Waals surface area contributed by atoms with Crippen LogP contribution in [0, 0.1) is 12.8 Å². The molecule has 0 radical (unpaired) electrons. The number of carboxylic acids is 1. The first-order valence-corrected chi connectivity index (χ1v) is 7.52. The number of benzene rings is 1.